The zero-order valence-electron chi connectivity index (χ0n) is 12.8. The Kier molecular flexibility index (Phi) is 4.04. The number of rotatable bonds is 2. The number of morpholine rings is 1. The van der Waals surface area contributed by atoms with Gasteiger partial charge in [0.05, 0.1) is 12.1 Å². The molecule has 4 nitrogen and oxygen atoms in total. The SMILES string of the molecule is Fc1ccc2ncnc(N3CCOC(c4ccccc4Cl)C3)c2c1. The average molecular weight is 344 g/mol. The van der Waals surface area contributed by atoms with Crippen LogP contribution in [0.4, 0.5) is 10.2 Å². The van der Waals surface area contributed by atoms with Crippen LogP contribution in [0.5, 0.6) is 0 Å². The summed E-state index contributed by atoms with van der Waals surface area (Å²) in [7, 11) is 0. The molecule has 122 valence electrons. The third-order valence-corrected chi connectivity index (χ3v) is 4.54. The first-order valence-corrected chi connectivity index (χ1v) is 8.11. The third-order valence-electron chi connectivity index (χ3n) is 4.19. The molecule has 1 aromatic heterocycles. The van der Waals surface area contributed by atoms with E-state index in [9.17, 15) is 4.39 Å². The molecule has 1 aliphatic rings. The highest BCUT2D eigenvalue weighted by Crippen LogP contribution is 2.32. The Hall–Kier alpha value is -2.24. The predicted molar refractivity (Wildman–Crippen MR) is 91.9 cm³/mol. The van der Waals surface area contributed by atoms with Gasteiger partial charge in [0.1, 0.15) is 24.1 Å². The Bertz CT molecular complexity index is 889. The fourth-order valence-corrected chi connectivity index (χ4v) is 3.29. The highest BCUT2D eigenvalue weighted by molar-refractivity contribution is 6.31. The zero-order chi connectivity index (χ0) is 16.5. The molecule has 4 rings (SSSR count). The number of anilines is 1. The van der Waals surface area contributed by atoms with Crippen LogP contribution >= 0.6 is 11.6 Å². The van der Waals surface area contributed by atoms with E-state index in [0.29, 0.717) is 30.1 Å². The molecule has 0 saturated carbocycles. The van der Waals surface area contributed by atoms with E-state index in [1.54, 1.807) is 6.07 Å². The van der Waals surface area contributed by atoms with Gasteiger partial charge in [0.15, 0.2) is 0 Å². The fourth-order valence-electron chi connectivity index (χ4n) is 3.03. The maximum atomic E-state index is 13.7. The number of fused-ring (bicyclic) bond motifs is 1. The third kappa shape index (κ3) is 2.81. The highest BCUT2D eigenvalue weighted by Gasteiger charge is 2.25. The maximum Gasteiger partial charge on any atom is 0.140 e. The molecule has 0 N–H and O–H groups in total. The van der Waals surface area contributed by atoms with Crippen LogP contribution < -0.4 is 4.90 Å². The van der Waals surface area contributed by atoms with Gasteiger partial charge in [-0.15, -0.1) is 0 Å². The fraction of sp³-hybridized carbons (Fsp3) is 0.222. The van der Waals surface area contributed by atoms with Gasteiger partial charge in [0.25, 0.3) is 0 Å². The van der Waals surface area contributed by atoms with Crippen molar-refractivity contribution in [1.82, 2.24) is 9.97 Å². The van der Waals surface area contributed by atoms with Crippen LogP contribution in [0.2, 0.25) is 5.02 Å². The lowest BCUT2D eigenvalue weighted by molar-refractivity contribution is 0.0397. The molecule has 1 aliphatic heterocycles. The van der Waals surface area contributed by atoms with Crippen molar-refractivity contribution in [1.29, 1.82) is 0 Å². The molecule has 0 spiro atoms. The summed E-state index contributed by atoms with van der Waals surface area (Å²) in [6.45, 7) is 1.84. The molecule has 1 unspecified atom stereocenters. The monoisotopic (exact) mass is 343 g/mol. The summed E-state index contributed by atoms with van der Waals surface area (Å²) in [5.41, 5.74) is 1.68. The highest BCUT2D eigenvalue weighted by atomic mass is 35.5. The van der Waals surface area contributed by atoms with E-state index in [4.69, 9.17) is 16.3 Å². The largest absolute Gasteiger partial charge is 0.370 e. The number of aromatic nitrogens is 2. The van der Waals surface area contributed by atoms with Crippen LogP contribution in [-0.2, 0) is 4.74 Å². The molecule has 0 radical (unpaired) electrons. The molecule has 6 heteroatoms. The Morgan fingerprint density at radius 1 is 1.17 bits per heavy atom. The normalized spacial score (nSPS) is 18.1. The number of benzene rings is 2. The van der Waals surface area contributed by atoms with Crippen molar-refractivity contribution in [2.24, 2.45) is 0 Å². The molecule has 1 atom stereocenters. The Morgan fingerprint density at radius 3 is 2.92 bits per heavy atom. The van der Waals surface area contributed by atoms with Crippen LogP contribution in [0.1, 0.15) is 11.7 Å². The van der Waals surface area contributed by atoms with Crippen LogP contribution in [0.15, 0.2) is 48.8 Å². The topological polar surface area (TPSA) is 38.2 Å². The minimum Gasteiger partial charge on any atom is -0.370 e. The summed E-state index contributed by atoms with van der Waals surface area (Å²) in [5.74, 6) is 0.425. The van der Waals surface area contributed by atoms with Gasteiger partial charge >= 0.3 is 0 Å². The first-order valence-electron chi connectivity index (χ1n) is 7.73. The molecule has 24 heavy (non-hydrogen) atoms. The lowest BCUT2D eigenvalue weighted by Gasteiger charge is -2.34. The van der Waals surface area contributed by atoms with E-state index in [-0.39, 0.29) is 11.9 Å². The second-order valence-corrected chi connectivity index (χ2v) is 6.09. The number of ether oxygens (including phenoxy) is 1. The molecule has 1 fully saturated rings. The van der Waals surface area contributed by atoms with Crippen molar-refractivity contribution >= 4 is 28.3 Å². The summed E-state index contributed by atoms with van der Waals surface area (Å²) < 4.78 is 19.6. The van der Waals surface area contributed by atoms with Crippen LogP contribution in [-0.4, -0.2) is 29.7 Å². The molecular weight excluding hydrogens is 329 g/mol. The molecule has 0 bridgehead atoms. The lowest BCUT2D eigenvalue weighted by Crippen LogP contribution is -2.39. The Morgan fingerprint density at radius 2 is 2.04 bits per heavy atom. The van der Waals surface area contributed by atoms with Gasteiger partial charge in [-0.1, -0.05) is 29.8 Å². The Balaban J connectivity index is 1.70. The molecule has 0 amide bonds. The molecule has 2 heterocycles. The van der Waals surface area contributed by atoms with Gasteiger partial charge in [-0.05, 0) is 24.3 Å². The molecule has 2 aromatic carbocycles. The van der Waals surface area contributed by atoms with Crippen molar-refractivity contribution < 1.29 is 9.13 Å². The van der Waals surface area contributed by atoms with Crippen molar-refractivity contribution in [2.45, 2.75) is 6.10 Å². The standard InChI is InChI=1S/C18H15ClFN3O/c19-15-4-2-1-3-13(15)17-10-23(7-8-24-17)18-14-9-12(20)5-6-16(14)21-11-22-18/h1-6,9,11,17H,7-8,10H2. The number of halogens is 2. The van der Waals surface area contributed by atoms with E-state index in [0.717, 1.165) is 16.9 Å². The number of hydrogen-bond acceptors (Lipinski definition) is 4. The zero-order valence-corrected chi connectivity index (χ0v) is 13.6. The van der Waals surface area contributed by atoms with Crippen LogP contribution in [0.3, 0.4) is 0 Å². The summed E-state index contributed by atoms with van der Waals surface area (Å²) in [4.78, 5) is 10.7. The number of nitrogens with zero attached hydrogens (tertiary/aromatic N) is 3. The quantitative estimate of drug-likeness (QED) is 0.705. The molecule has 3 aromatic rings. The van der Waals surface area contributed by atoms with Gasteiger partial charge in [-0.25, -0.2) is 14.4 Å². The molecular formula is C18H15ClFN3O. The van der Waals surface area contributed by atoms with Gasteiger partial charge in [-0.3, -0.25) is 0 Å². The number of hydrogen-bond donors (Lipinski definition) is 0. The minimum atomic E-state index is -0.297. The summed E-state index contributed by atoms with van der Waals surface area (Å²) >= 11 is 6.29. The van der Waals surface area contributed by atoms with Crippen LogP contribution in [0, 0.1) is 5.82 Å². The smallest absolute Gasteiger partial charge is 0.140 e. The predicted octanol–water partition coefficient (Wildman–Crippen LogP) is 4.00. The summed E-state index contributed by atoms with van der Waals surface area (Å²) in [6, 6.07) is 12.2. The van der Waals surface area contributed by atoms with Gasteiger partial charge < -0.3 is 9.64 Å². The summed E-state index contributed by atoms with van der Waals surface area (Å²) in [5, 5.41) is 1.39. The van der Waals surface area contributed by atoms with Gasteiger partial charge in [0, 0.05) is 29.1 Å². The summed E-state index contributed by atoms with van der Waals surface area (Å²) in [6.07, 6.45) is 1.36. The van der Waals surface area contributed by atoms with E-state index in [2.05, 4.69) is 14.9 Å². The average Bonchev–Trinajstić information content (AvgIpc) is 2.61. The first kappa shape index (κ1) is 15.3. The minimum absolute atomic E-state index is 0.147. The van der Waals surface area contributed by atoms with Crippen molar-refractivity contribution in [2.75, 3.05) is 24.6 Å². The molecule has 1 saturated heterocycles. The second kappa shape index (κ2) is 6.34. The van der Waals surface area contributed by atoms with Crippen LogP contribution in [0.25, 0.3) is 10.9 Å². The van der Waals surface area contributed by atoms with Crippen molar-refractivity contribution in [3.05, 3.63) is 65.2 Å². The van der Waals surface area contributed by atoms with E-state index < -0.39 is 0 Å². The second-order valence-electron chi connectivity index (χ2n) is 5.69. The van der Waals surface area contributed by atoms with E-state index in [1.807, 2.05) is 24.3 Å². The van der Waals surface area contributed by atoms with Crippen molar-refractivity contribution in [3.63, 3.8) is 0 Å². The molecule has 0 aliphatic carbocycles. The van der Waals surface area contributed by atoms with Crippen molar-refractivity contribution in [3.8, 4) is 0 Å². The first-order chi connectivity index (χ1) is 11.7. The van der Waals surface area contributed by atoms with E-state index >= 15 is 0 Å². The van der Waals surface area contributed by atoms with Gasteiger partial charge in [0.2, 0.25) is 0 Å². The lowest BCUT2D eigenvalue weighted by atomic mass is 10.1. The van der Waals surface area contributed by atoms with Gasteiger partial charge in [-0.2, -0.15) is 0 Å². The van der Waals surface area contributed by atoms with E-state index in [1.165, 1.54) is 18.5 Å². The maximum absolute atomic E-state index is 13.7. The Labute approximate surface area is 143 Å².